The number of hydrogen-bond donors (Lipinski definition) is 1. The Balaban J connectivity index is 1.86. The van der Waals surface area contributed by atoms with Crippen molar-refractivity contribution in [2.75, 3.05) is 18.8 Å². The largest absolute Gasteiger partial charge is 0.398 e. The molecule has 0 aromatic carbocycles. The summed E-state index contributed by atoms with van der Waals surface area (Å²) in [6, 6.07) is 7.91. The Morgan fingerprint density at radius 3 is 2.59 bits per heavy atom. The zero-order chi connectivity index (χ0) is 14.9. The fraction of sp³-hybridized carbons (Fsp3) is 0.294. The van der Waals surface area contributed by atoms with Crippen molar-refractivity contribution >= 4 is 11.3 Å². The van der Waals surface area contributed by atoms with Crippen molar-refractivity contribution < 1.29 is 0 Å². The predicted octanol–water partition coefficient (Wildman–Crippen LogP) is 2.57. The van der Waals surface area contributed by atoms with E-state index in [-0.39, 0.29) is 0 Å². The molecule has 1 aliphatic heterocycles. The second kappa shape index (κ2) is 5.42. The average Bonchev–Trinajstić information content (AvgIpc) is 3.17. The minimum atomic E-state index is 0.758. The Hall–Kier alpha value is -2.40. The first-order valence-electron chi connectivity index (χ1n) is 7.70. The molecule has 5 nitrogen and oxygen atoms in total. The van der Waals surface area contributed by atoms with E-state index >= 15 is 0 Å². The smallest absolute Gasteiger partial charge is 0.137 e. The highest BCUT2D eigenvalue weighted by Crippen LogP contribution is 2.27. The predicted molar refractivity (Wildman–Crippen MR) is 87.3 cm³/mol. The Bertz CT molecular complexity index is 787. The van der Waals surface area contributed by atoms with E-state index in [1.165, 1.54) is 18.5 Å². The molecule has 1 aliphatic rings. The number of nitrogen functional groups attached to an aromatic ring is 1. The van der Waals surface area contributed by atoms with Crippen molar-refractivity contribution in [3.8, 4) is 11.3 Å². The van der Waals surface area contributed by atoms with Crippen LogP contribution < -0.4 is 5.73 Å². The third kappa shape index (κ3) is 2.33. The highest BCUT2D eigenvalue weighted by molar-refractivity contribution is 5.67. The summed E-state index contributed by atoms with van der Waals surface area (Å²) in [6.45, 7) is 3.22. The second-order valence-electron chi connectivity index (χ2n) is 5.82. The van der Waals surface area contributed by atoms with E-state index in [0.717, 1.165) is 42.2 Å². The van der Waals surface area contributed by atoms with E-state index in [9.17, 15) is 0 Å². The molecular formula is C17H19N5. The molecule has 3 aromatic rings. The van der Waals surface area contributed by atoms with Crippen LogP contribution in [0.25, 0.3) is 16.9 Å². The molecule has 4 rings (SSSR count). The van der Waals surface area contributed by atoms with Gasteiger partial charge >= 0.3 is 0 Å². The molecule has 4 heterocycles. The Kier molecular flexibility index (Phi) is 3.27. The zero-order valence-corrected chi connectivity index (χ0v) is 12.4. The first-order valence-corrected chi connectivity index (χ1v) is 7.70. The minimum Gasteiger partial charge on any atom is -0.398 e. The lowest BCUT2D eigenvalue weighted by Gasteiger charge is -2.15. The maximum atomic E-state index is 5.98. The summed E-state index contributed by atoms with van der Waals surface area (Å²) >= 11 is 0. The van der Waals surface area contributed by atoms with E-state index in [1.54, 1.807) is 0 Å². The van der Waals surface area contributed by atoms with Crippen LogP contribution in [-0.4, -0.2) is 32.4 Å². The lowest BCUT2D eigenvalue weighted by molar-refractivity contribution is 0.327. The van der Waals surface area contributed by atoms with Gasteiger partial charge in [-0.3, -0.25) is 9.88 Å². The standard InChI is InChI=1S/C17H19N5/c18-14-3-4-16-20-17(13-5-7-19-8-6-13)15(22(16)11-14)12-21-9-1-2-10-21/h3-8,11H,1-2,9-10,12,18H2. The van der Waals surface area contributed by atoms with Crippen molar-refractivity contribution in [3.63, 3.8) is 0 Å². The Morgan fingerprint density at radius 2 is 1.82 bits per heavy atom. The number of rotatable bonds is 3. The quantitative estimate of drug-likeness (QED) is 0.806. The van der Waals surface area contributed by atoms with Gasteiger partial charge in [0.2, 0.25) is 0 Å². The van der Waals surface area contributed by atoms with Crippen LogP contribution in [0.1, 0.15) is 18.5 Å². The van der Waals surface area contributed by atoms with Gasteiger partial charge in [0.15, 0.2) is 0 Å². The molecule has 0 amide bonds. The molecule has 1 fully saturated rings. The molecule has 0 radical (unpaired) electrons. The molecule has 5 heteroatoms. The van der Waals surface area contributed by atoms with Crippen molar-refractivity contribution in [2.24, 2.45) is 0 Å². The van der Waals surface area contributed by atoms with Crippen LogP contribution in [0.2, 0.25) is 0 Å². The van der Waals surface area contributed by atoms with Gasteiger partial charge in [-0.2, -0.15) is 0 Å². The van der Waals surface area contributed by atoms with Gasteiger partial charge in [-0.05, 0) is 50.2 Å². The summed E-state index contributed by atoms with van der Waals surface area (Å²) in [6.07, 6.45) is 8.16. The van der Waals surface area contributed by atoms with Crippen LogP contribution in [0.5, 0.6) is 0 Å². The molecule has 0 atom stereocenters. The van der Waals surface area contributed by atoms with Gasteiger partial charge in [-0.1, -0.05) is 0 Å². The highest BCUT2D eigenvalue weighted by Gasteiger charge is 2.19. The molecule has 1 saturated heterocycles. The number of pyridine rings is 2. The zero-order valence-electron chi connectivity index (χ0n) is 12.4. The summed E-state index contributed by atoms with van der Waals surface area (Å²) in [4.78, 5) is 11.4. The number of imidazole rings is 1. The first kappa shape index (κ1) is 13.3. The van der Waals surface area contributed by atoms with E-state index < -0.39 is 0 Å². The van der Waals surface area contributed by atoms with Crippen molar-refractivity contribution in [2.45, 2.75) is 19.4 Å². The van der Waals surface area contributed by atoms with Crippen molar-refractivity contribution in [1.82, 2.24) is 19.3 Å². The lowest BCUT2D eigenvalue weighted by Crippen LogP contribution is -2.20. The molecule has 0 aliphatic carbocycles. The number of nitrogens with two attached hydrogens (primary N) is 1. The van der Waals surface area contributed by atoms with Crippen molar-refractivity contribution in [3.05, 3.63) is 48.5 Å². The van der Waals surface area contributed by atoms with Gasteiger partial charge in [0.05, 0.1) is 11.4 Å². The summed E-state index contributed by atoms with van der Waals surface area (Å²) < 4.78 is 2.13. The van der Waals surface area contributed by atoms with Crippen LogP contribution in [0.15, 0.2) is 42.9 Å². The summed E-state index contributed by atoms with van der Waals surface area (Å²) in [5.41, 5.74) is 11.0. The van der Waals surface area contributed by atoms with Gasteiger partial charge in [0.25, 0.3) is 0 Å². The highest BCUT2D eigenvalue weighted by atomic mass is 15.2. The first-order chi connectivity index (χ1) is 10.8. The number of fused-ring (bicyclic) bond motifs is 1. The van der Waals surface area contributed by atoms with Crippen molar-refractivity contribution in [1.29, 1.82) is 0 Å². The monoisotopic (exact) mass is 293 g/mol. The van der Waals surface area contributed by atoms with E-state index in [0.29, 0.717) is 0 Å². The lowest BCUT2D eigenvalue weighted by atomic mass is 10.1. The normalized spacial score (nSPS) is 15.6. The minimum absolute atomic E-state index is 0.758. The maximum Gasteiger partial charge on any atom is 0.137 e. The second-order valence-corrected chi connectivity index (χ2v) is 5.82. The number of hydrogen-bond acceptors (Lipinski definition) is 4. The molecule has 112 valence electrons. The maximum absolute atomic E-state index is 5.98. The summed E-state index contributed by atoms with van der Waals surface area (Å²) in [5.74, 6) is 0. The Morgan fingerprint density at radius 1 is 1.05 bits per heavy atom. The molecule has 3 aromatic heterocycles. The van der Waals surface area contributed by atoms with Gasteiger partial charge < -0.3 is 10.1 Å². The van der Waals surface area contributed by atoms with Gasteiger partial charge in [0.1, 0.15) is 5.65 Å². The van der Waals surface area contributed by atoms with Crippen LogP contribution in [0.4, 0.5) is 5.69 Å². The van der Waals surface area contributed by atoms with Crippen LogP contribution in [-0.2, 0) is 6.54 Å². The van der Waals surface area contributed by atoms with Crippen LogP contribution in [0, 0.1) is 0 Å². The summed E-state index contributed by atoms with van der Waals surface area (Å²) in [7, 11) is 0. The average molecular weight is 293 g/mol. The van der Waals surface area contributed by atoms with Gasteiger partial charge in [-0.25, -0.2) is 4.98 Å². The number of aromatic nitrogens is 3. The SMILES string of the molecule is Nc1ccc2nc(-c3ccncc3)c(CN3CCCC3)n2c1. The number of anilines is 1. The molecule has 0 bridgehead atoms. The molecule has 0 unspecified atom stereocenters. The van der Waals surface area contributed by atoms with Crippen LogP contribution in [0.3, 0.4) is 0 Å². The summed E-state index contributed by atoms with van der Waals surface area (Å²) in [5, 5.41) is 0. The Labute approximate surface area is 129 Å². The molecular weight excluding hydrogens is 274 g/mol. The molecule has 2 N–H and O–H groups in total. The molecule has 0 spiro atoms. The number of likely N-dealkylation sites (tertiary alicyclic amines) is 1. The third-order valence-corrected chi connectivity index (χ3v) is 4.27. The topological polar surface area (TPSA) is 59.5 Å². The number of nitrogens with zero attached hydrogens (tertiary/aromatic N) is 4. The van der Waals surface area contributed by atoms with Gasteiger partial charge in [0, 0.05) is 36.4 Å². The molecule has 22 heavy (non-hydrogen) atoms. The fourth-order valence-electron chi connectivity index (χ4n) is 3.15. The fourth-order valence-corrected chi connectivity index (χ4v) is 3.15. The van der Waals surface area contributed by atoms with E-state index in [1.807, 2.05) is 42.9 Å². The van der Waals surface area contributed by atoms with Crippen LogP contribution >= 0.6 is 0 Å². The van der Waals surface area contributed by atoms with Gasteiger partial charge in [-0.15, -0.1) is 0 Å². The molecule has 0 saturated carbocycles. The van der Waals surface area contributed by atoms with E-state index in [4.69, 9.17) is 10.7 Å². The third-order valence-electron chi connectivity index (χ3n) is 4.27. The van der Waals surface area contributed by atoms with E-state index in [2.05, 4.69) is 14.3 Å².